The molecule has 0 aliphatic rings. The molecule has 7 aromatic carbocycles. The molecule has 0 amide bonds. The van der Waals surface area contributed by atoms with E-state index in [2.05, 4.69) is 191 Å². The molecule has 0 atom stereocenters. The highest BCUT2D eigenvalue weighted by molar-refractivity contribution is 6.12. The summed E-state index contributed by atoms with van der Waals surface area (Å²) in [7, 11) is 0. The van der Waals surface area contributed by atoms with Crippen molar-refractivity contribution in [2.45, 2.75) is 0 Å². The van der Waals surface area contributed by atoms with Gasteiger partial charge in [0.25, 0.3) is 0 Å². The van der Waals surface area contributed by atoms with E-state index in [0.29, 0.717) is 0 Å². The number of rotatable bonds is 7. The van der Waals surface area contributed by atoms with E-state index in [1.165, 1.54) is 5.56 Å². The first-order chi connectivity index (χ1) is 30.3. The Morgan fingerprint density at radius 3 is 1.56 bits per heavy atom. The molecule has 286 valence electrons. The Hall–Kier alpha value is -8.28. The van der Waals surface area contributed by atoms with Crippen LogP contribution in [0.4, 0.5) is 0 Å². The second kappa shape index (κ2) is 14.2. The lowest BCUT2D eigenvalue weighted by Gasteiger charge is -2.15. The molecule has 12 aromatic rings. The molecule has 0 bridgehead atoms. The molecule has 0 radical (unpaired) electrons. The van der Waals surface area contributed by atoms with Gasteiger partial charge in [-0.25, -0.2) is 4.98 Å². The molecule has 0 spiro atoms. The molecule has 0 aliphatic heterocycles. The van der Waals surface area contributed by atoms with Crippen molar-refractivity contribution in [1.29, 1.82) is 0 Å². The third kappa shape index (κ3) is 5.63. The molecule has 0 unspecified atom stereocenters. The number of para-hydroxylation sites is 1. The van der Waals surface area contributed by atoms with E-state index < -0.39 is 0 Å². The Labute approximate surface area is 352 Å². The molecule has 0 aliphatic carbocycles. The minimum atomic E-state index is 0.782. The van der Waals surface area contributed by atoms with Gasteiger partial charge < -0.3 is 8.98 Å². The van der Waals surface area contributed by atoms with Gasteiger partial charge in [0, 0.05) is 56.3 Å². The summed E-state index contributed by atoms with van der Waals surface area (Å²) in [6.07, 6.45) is 3.77. The minimum absolute atomic E-state index is 0.782. The fraction of sp³-hybridized carbons (Fsp3) is 0. The quantitative estimate of drug-likeness (QED) is 0.162. The van der Waals surface area contributed by atoms with Gasteiger partial charge >= 0.3 is 0 Å². The maximum absolute atomic E-state index is 6.54. The Balaban J connectivity index is 1.21. The highest BCUT2D eigenvalue weighted by Gasteiger charge is 2.26. The van der Waals surface area contributed by atoms with Crippen molar-refractivity contribution in [3.05, 3.63) is 219 Å². The number of fused-ring (bicyclic) bond motifs is 5. The molecule has 12 rings (SSSR count). The van der Waals surface area contributed by atoms with Crippen LogP contribution in [-0.4, -0.2) is 19.1 Å². The van der Waals surface area contributed by atoms with Crippen LogP contribution < -0.4 is 0 Å². The zero-order valence-electron chi connectivity index (χ0n) is 33.0. The van der Waals surface area contributed by atoms with E-state index in [-0.39, 0.29) is 0 Å². The SMILES string of the molecule is c1ccc(-c2c(-c3ccccc3)n(-c3ccc4c(-c5ccccc5)c(-c5ccccc5)n(-c5ccccn5)c4c3)c3cc(-c4nccc5c4oc4ccccc45)ccc23)cc1. The molecule has 5 heterocycles. The zero-order chi connectivity index (χ0) is 40.3. The van der Waals surface area contributed by atoms with Crippen LogP contribution in [0.5, 0.6) is 0 Å². The Morgan fingerprint density at radius 2 is 0.918 bits per heavy atom. The lowest BCUT2D eigenvalue weighted by atomic mass is 9.97. The predicted molar refractivity (Wildman–Crippen MR) is 250 cm³/mol. The molecule has 0 saturated heterocycles. The zero-order valence-corrected chi connectivity index (χ0v) is 33.0. The average molecular weight is 781 g/mol. The first-order valence-corrected chi connectivity index (χ1v) is 20.6. The Bertz CT molecular complexity index is 3550. The van der Waals surface area contributed by atoms with Crippen molar-refractivity contribution in [2.24, 2.45) is 0 Å². The van der Waals surface area contributed by atoms with E-state index in [1.807, 2.05) is 36.7 Å². The van der Waals surface area contributed by atoms with Crippen LogP contribution in [-0.2, 0) is 0 Å². The van der Waals surface area contributed by atoms with Crippen molar-refractivity contribution in [2.75, 3.05) is 0 Å². The highest BCUT2D eigenvalue weighted by atomic mass is 16.3. The molecular weight excluding hydrogens is 745 g/mol. The average Bonchev–Trinajstić information content (AvgIpc) is 4.01. The van der Waals surface area contributed by atoms with E-state index >= 15 is 0 Å². The minimum Gasteiger partial charge on any atom is -0.454 e. The normalized spacial score (nSPS) is 11.6. The third-order valence-electron chi connectivity index (χ3n) is 11.8. The Kier molecular flexibility index (Phi) is 8.10. The summed E-state index contributed by atoms with van der Waals surface area (Å²) in [5.41, 5.74) is 15.6. The second-order valence-electron chi connectivity index (χ2n) is 15.3. The summed E-state index contributed by atoms with van der Waals surface area (Å²) in [5, 5.41) is 4.41. The molecule has 0 N–H and O–H groups in total. The summed E-state index contributed by atoms with van der Waals surface area (Å²) in [6.45, 7) is 0. The molecule has 5 heteroatoms. The van der Waals surface area contributed by atoms with Crippen LogP contribution in [0.2, 0.25) is 0 Å². The molecule has 0 saturated carbocycles. The van der Waals surface area contributed by atoms with E-state index in [4.69, 9.17) is 14.4 Å². The standard InChI is InChI=1S/C56H36N4O/c1-5-17-37(18-6-1)51-45-30-28-41(53-56-44(32-34-58-53)43-25-13-14-26-49(43)61-56)35-47(45)59(54(51)39-21-9-3-10-22-39)42-29-31-46-48(36-42)60(50-27-15-16-33-57-50)55(40-23-11-4-12-24-40)52(46)38-19-7-2-8-20-38/h1-36H. The van der Waals surface area contributed by atoms with Gasteiger partial charge in [-0.15, -0.1) is 0 Å². The number of pyridine rings is 2. The molecule has 5 nitrogen and oxygen atoms in total. The van der Waals surface area contributed by atoms with Gasteiger partial charge in [0.15, 0.2) is 5.58 Å². The van der Waals surface area contributed by atoms with Crippen LogP contribution in [0.25, 0.3) is 111 Å². The van der Waals surface area contributed by atoms with Gasteiger partial charge in [-0.1, -0.05) is 164 Å². The van der Waals surface area contributed by atoms with Gasteiger partial charge in [-0.05, 0) is 64.7 Å². The predicted octanol–water partition coefficient (Wildman–Crippen LogP) is 14.6. The second-order valence-corrected chi connectivity index (χ2v) is 15.3. The largest absolute Gasteiger partial charge is 0.454 e. The smallest absolute Gasteiger partial charge is 0.161 e. The fourth-order valence-corrected chi connectivity index (χ4v) is 9.23. The highest BCUT2D eigenvalue weighted by Crippen LogP contribution is 2.47. The van der Waals surface area contributed by atoms with E-state index in [9.17, 15) is 0 Å². The monoisotopic (exact) mass is 780 g/mol. The number of aromatic nitrogens is 4. The van der Waals surface area contributed by atoms with Gasteiger partial charge in [0.05, 0.1) is 22.4 Å². The number of nitrogens with zero attached hydrogens (tertiary/aromatic N) is 4. The van der Waals surface area contributed by atoms with Crippen LogP contribution >= 0.6 is 0 Å². The number of hydrogen-bond acceptors (Lipinski definition) is 3. The Morgan fingerprint density at radius 1 is 0.361 bits per heavy atom. The number of furan rings is 1. The summed E-state index contributed by atoms with van der Waals surface area (Å²) in [4.78, 5) is 9.95. The lowest BCUT2D eigenvalue weighted by molar-refractivity contribution is 0.668. The number of benzene rings is 7. The summed E-state index contributed by atoms with van der Waals surface area (Å²) in [6, 6.07) is 72.9. The van der Waals surface area contributed by atoms with Crippen molar-refractivity contribution in [3.63, 3.8) is 0 Å². The molecule has 0 fully saturated rings. The summed E-state index contributed by atoms with van der Waals surface area (Å²) in [5.74, 6) is 0.851. The summed E-state index contributed by atoms with van der Waals surface area (Å²) >= 11 is 0. The first kappa shape index (κ1) is 34.7. The van der Waals surface area contributed by atoms with Gasteiger partial charge in [-0.3, -0.25) is 9.55 Å². The van der Waals surface area contributed by atoms with Gasteiger partial charge in [0.2, 0.25) is 0 Å². The molecule has 61 heavy (non-hydrogen) atoms. The fourth-order valence-electron chi connectivity index (χ4n) is 9.23. The molecular formula is C56H36N4O. The van der Waals surface area contributed by atoms with Crippen LogP contribution in [0.3, 0.4) is 0 Å². The maximum atomic E-state index is 6.54. The van der Waals surface area contributed by atoms with Crippen LogP contribution in [0.15, 0.2) is 223 Å². The summed E-state index contributed by atoms with van der Waals surface area (Å²) < 4.78 is 11.3. The van der Waals surface area contributed by atoms with E-state index in [0.717, 1.165) is 106 Å². The topological polar surface area (TPSA) is 48.8 Å². The van der Waals surface area contributed by atoms with E-state index in [1.54, 1.807) is 0 Å². The molecule has 5 aromatic heterocycles. The lowest BCUT2D eigenvalue weighted by Crippen LogP contribution is -2.01. The van der Waals surface area contributed by atoms with Crippen LogP contribution in [0.1, 0.15) is 0 Å². The van der Waals surface area contributed by atoms with Gasteiger partial charge in [-0.2, -0.15) is 0 Å². The number of hydrogen-bond donors (Lipinski definition) is 0. The third-order valence-corrected chi connectivity index (χ3v) is 11.8. The first-order valence-electron chi connectivity index (χ1n) is 20.6. The van der Waals surface area contributed by atoms with Crippen molar-refractivity contribution < 1.29 is 4.42 Å². The van der Waals surface area contributed by atoms with Crippen molar-refractivity contribution in [3.8, 4) is 67.5 Å². The maximum Gasteiger partial charge on any atom is 0.161 e. The van der Waals surface area contributed by atoms with Crippen molar-refractivity contribution in [1.82, 2.24) is 19.1 Å². The van der Waals surface area contributed by atoms with Crippen LogP contribution in [0, 0.1) is 0 Å². The van der Waals surface area contributed by atoms with Gasteiger partial charge in [0.1, 0.15) is 17.1 Å². The van der Waals surface area contributed by atoms with Crippen molar-refractivity contribution >= 4 is 43.7 Å².